The molecule has 29 heavy (non-hydrogen) atoms. The van der Waals surface area contributed by atoms with E-state index in [2.05, 4.69) is 16.3 Å². The molecule has 161 valence electrons. The Hall–Kier alpha value is -1.48. The van der Waals surface area contributed by atoms with Gasteiger partial charge in [0, 0.05) is 11.1 Å². The molecule has 0 aliphatic heterocycles. The molecular weight excluding hydrogens is 569 g/mol. The molecule has 3 rings (SSSR count). The van der Waals surface area contributed by atoms with Gasteiger partial charge in [-0.15, -0.1) is 0 Å². The van der Waals surface area contributed by atoms with Gasteiger partial charge in [0.2, 0.25) is 0 Å². The molecule has 1 aliphatic rings. The maximum absolute atomic E-state index is 12.2. The first kappa shape index (κ1) is 25.6. The standard InChI is InChI=1S/C16H14O3.C7H13N.ClH.Pt/c1-11(16(18)19)13-8-5-9-14(10-13)15(17)12-6-3-2-4-7-12;1-6-4-2-3-5-7(6)8;;/h2-11H,1H3,(H,18,19);6-8H,1-5H2;1H;/q;-2;;+1/p-1. The second-order valence-electron chi connectivity index (χ2n) is 7.03. The summed E-state index contributed by atoms with van der Waals surface area (Å²) in [5.74, 6) is -1.20. The number of hydrogen-bond acceptors (Lipinski definition) is 2. The molecule has 2 N–H and O–H groups in total. The molecule has 4 nitrogen and oxygen atoms in total. The van der Waals surface area contributed by atoms with Crippen LogP contribution in [-0.4, -0.2) is 22.9 Å². The van der Waals surface area contributed by atoms with Crippen molar-refractivity contribution in [2.75, 3.05) is 0 Å². The van der Waals surface area contributed by atoms with E-state index in [1.807, 2.05) is 6.07 Å². The first-order valence-corrected chi connectivity index (χ1v) is 12.3. The first-order valence-electron chi connectivity index (χ1n) is 9.48. The molecule has 0 aromatic heterocycles. The zero-order valence-electron chi connectivity index (χ0n) is 16.4. The number of carbonyl (C=O) groups is 2. The van der Waals surface area contributed by atoms with Gasteiger partial charge in [-0.3, -0.25) is 9.59 Å². The Kier molecular flexibility index (Phi) is 12.1. The zero-order chi connectivity index (χ0) is 21.8. The van der Waals surface area contributed by atoms with Crippen LogP contribution in [0, 0.1) is 12.8 Å². The molecule has 3 unspecified atom stereocenters. The third-order valence-corrected chi connectivity index (χ3v) is 4.96. The van der Waals surface area contributed by atoms with Crippen molar-refractivity contribution in [1.29, 1.82) is 0 Å². The summed E-state index contributed by atoms with van der Waals surface area (Å²) < 4.78 is 0. The molecule has 0 saturated heterocycles. The molecule has 2 aromatic rings. The summed E-state index contributed by atoms with van der Waals surface area (Å²) in [4.78, 5) is 23.2. The van der Waals surface area contributed by atoms with Gasteiger partial charge in [-0.1, -0.05) is 74.2 Å². The molecule has 1 aliphatic carbocycles. The van der Waals surface area contributed by atoms with Crippen molar-refractivity contribution in [3.05, 3.63) is 83.9 Å². The van der Waals surface area contributed by atoms with Gasteiger partial charge < -0.3 is 17.8 Å². The summed E-state index contributed by atoms with van der Waals surface area (Å²) in [6.07, 6.45) is 4.80. The van der Waals surface area contributed by atoms with Crippen LogP contribution in [0.15, 0.2) is 54.6 Å². The Morgan fingerprint density at radius 1 is 1.07 bits per heavy atom. The van der Waals surface area contributed by atoms with Crippen LogP contribution in [0.25, 0.3) is 5.73 Å². The van der Waals surface area contributed by atoms with E-state index in [-0.39, 0.29) is 11.8 Å². The van der Waals surface area contributed by atoms with Crippen LogP contribution < -0.4 is 0 Å². The van der Waals surface area contributed by atoms with Gasteiger partial charge in [0.15, 0.2) is 5.78 Å². The third kappa shape index (κ3) is 8.42. The van der Waals surface area contributed by atoms with E-state index in [0.717, 1.165) is 6.42 Å². The third-order valence-electron chi connectivity index (χ3n) is 4.96. The van der Waals surface area contributed by atoms with Gasteiger partial charge >= 0.3 is 34.2 Å². The van der Waals surface area contributed by atoms with Crippen molar-refractivity contribution in [2.24, 2.45) is 5.92 Å². The van der Waals surface area contributed by atoms with Crippen LogP contribution in [-0.2, 0) is 23.6 Å². The molecule has 1 saturated carbocycles. The Morgan fingerprint density at radius 2 is 1.66 bits per heavy atom. The minimum atomic E-state index is -0.899. The number of carbonyl (C=O) groups excluding carboxylic acids is 1. The minimum absolute atomic E-state index is 0.0972. The van der Waals surface area contributed by atoms with Crippen molar-refractivity contribution in [3.63, 3.8) is 0 Å². The van der Waals surface area contributed by atoms with Crippen LogP contribution in [0.1, 0.15) is 60.0 Å². The summed E-state index contributed by atoms with van der Waals surface area (Å²) in [5, 5.41) is 9.00. The van der Waals surface area contributed by atoms with E-state index in [1.54, 1.807) is 74.2 Å². The molecule has 0 amide bonds. The normalized spacial score (nSPS) is 19.0. The van der Waals surface area contributed by atoms with E-state index in [4.69, 9.17) is 10.8 Å². The van der Waals surface area contributed by atoms with Crippen LogP contribution >= 0.6 is 9.42 Å². The number of carboxylic acid groups (broad SMARTS) is 1. The number of hydrogen-bond donors (Lipinski definition) is 1. The van der Waals surface area contributed by atoms with E-state index in [0.29, 0.717) is 22.6 Å². The Morgan fingerprint density at radius 3 is 2.17 bits per heavy atom. The summed E-state index contributed by atoms with van der Waals surface area (Å²) >= 11 is 1.61. The van der Waals surface area contributed by atoms with Gasteiger partial charge in [-0.2, -0.15) is 12.0 Å². The van der Waals surface area contributed by atoms with Crippen LogP contribution in [0.3, 0.4) is 0 Å². The van der Waals surface area contributed by atoms with Gasteiger partial charge in [0.1, 0.15) is 0 Å². The SMILES string of the molecule is CC(C(=O)O)c1cccc(C(=O)c2ccccc2)c1.[CH2-]C1CCCCC1[NH-].[Cl][Pt]. The van der Waals surface area contributed by atoms with E-state index in [1.165, 1.54) is 19.3 Å². The molecule has 3 atom stereocenters. The Balaban J connectivity index is 0.000000351. The fourth-order valence-corrected chi connectivity index (χ4v) is 3.06. The average molecular weight is 596 g/mol. The van der Waals surface area contributed by atoms with Crippen molar-refractivity contribution in [2.45, 2.75) is 44.6 Å². The fourth-order valence-electron chi connectivity index (χ4n) is 3.06. The van der Waals surface area contributed by atoms with E-state index >= 15 is 0 Å². The predicted molar refractivity (Wildman–Crippen MR) is 114 cm³/mol. The molecule has 6 heteroatoms. The Bertz CT molecular complexity index is 760. The van der Waals surface area contributed by atoms with Crippen molar-refractivity contribution < 1.29 is 33.5 Å². The van der Waals surface area contributed by atoms with Crippen molar-refractivity contribution in [1.82, 2.24) is 0 Å². The summed E-state index contributed by atoms with van der Waals surface area (Å²) in [6, 6.07) is 15.9. The number of carboxylic acids is 1. The fraction of sp³-hybridized carbons (Fsp3) is 0.348. The molecule has 0 radical (unpaired) electrons. The van der Waals surface area contributed by atoms with Gasteiger partial charge in [-0.05, 0) is 18.6 Å². The molecule has 1 fully saturated rings. The predicted octanol–water partition coefficient (Wildman–Crippen LogP) is 6.22. The summed E-state index contributed by atoms with van der Waals surface area (Å²) in [7, 11) is 4.61. The second kappa shape index (κ2) is 13.7. The van der Waals surface area contributed by atoms with Crippen molar-refractivity contribution >= 4 is 21.2 Å². The molecule has 0 heterocycles. The zero-order valence-corrected chi connectivity index (χ0v) is 19.4. The topological polar surface area (TPSA) is 78.2 Å². The quantitative estimate of drug-likeness (QED) is 0.337. The molecular formula is C23H27ClNO3Pt-2. The number of halogens is 1. The van der Waals surface area contributed by atoms with Crippen molar-refractivity contribution in [3.8, 4) is 0 Å². The number of benzene rings is 2. The summed E-state index contributed by atoms with van der Waals surface area (Å²) in [6.45, 7) is 5.50. The van der Waals surface area contributed by atoms with Crippen LogP contribution in [0.2, 0.25) is 0 Å². The van der Waals surface area contributed by atoms with E-state index in [9.17, 15) is 9.59 Å². The summed E-state index contributed by atoms with van der Waals surface area (Å²) in [5.41, 5.74) is 9.16. The van der Waals surface area contributed by atoms with Gasteiger partial charge in [0.25, 0.3) is 0 Å². The monoisotopic (exact) mass is 595 g/mol. The maximum atomic E-state index is 12.2. The molecule has 0 bridgehead atoms. The first-order chi connectivity index (χ1) is 13.9. The van der Waals surface area contributed by atoms with Gasteiger partial charge in [-0.25, -0.2) is 0 Å². The average Bonchev–Trinajstić information content (AvgIpc) is 2.77. The van der Waals surface area contributed by atoms with Gasteiger partial charge in [0.05, 0.1) is 5.92 Å². The van der Waals surface area contributed by atoms with E-state index < -0.39 is 11.9 Å². The molecule has 2 aromatic carbocycles. The van der Waals surface area contributed by atoms with Crippen LogP contribution in [0.5, 0.6) is 0 Å². The molecule has 0 spiro atoms. The second-order valence-corrected chi connectivity index (χ2v) is 7.03. The number of aliphatic carboxylic acids is 1. The Labute approximate surface area is 188 Å². The number of rotatable bonds is 4. The number of nitrogens with one attached hydrogen (secondary N) is 1. The van der Waals surface area contributed by atoms with Crippen LogP contribution in [0.4, 0.5) is 0 Å². The number of ketones is 1.